The molecule has 0 aliphatic heterocycles. The summed E-state index contributed by atoms with van der Waals surface area (Å²) in [6.45, 7) is 3.08. The molecule has 2 rings (SSSR count). The minimum Gasteiger partial charge on any atom is -0.493 e. The van der Waals surface area contributed by atoms with Crippen LogP contribution in [0.15, 0.2) is 36.4 Å². The number of ether oxygens (including phenoxy) is 2. The SMILES string of the molecule is CCOc1ccc(CN(C)CC(=O)Nc2cc(Cl)ccc2F)cc1OC. The summed E-state index contributed by atoms with van der Waals surface area (Å²) in [7, 11) is 3.38. The van der Waals surface area contributed by atoms with Crippen LogP contribution in [0.3, 0.4) is 0 Å². The van der Waals surface area contributed by atoms with E-state index in [1.807, 2.05) is 30.0 Å². The van der Waals surface area contributed by atoms with E-state index in [0.717, 1.165) is 5.56 Å². The number of hydrogen-bond acceptors (Lipinski definition) is 4. The minimum absolute atomic E-state index is 0.0682. The summed E-state index contributed by atoms with van der Waals surface area (Å²) in [6, 6.07) is 9.65. The Morgan fingerprint density at radius 1 is 1.23 bits per heavy atom. The first-order chi connectivity index (χ1) is 12.4. The highest BCUT2D eigenvalue weighted by atomic mass is 35.5. The molecule has 1 N–H and O–H groups in total. The highest BCUT2D eigenvalue weighted by molar-refractivity contribution is 6.30. The molecule has 0 aliphatic carbocycles. The van der Waals surface area contributed by atoms with Gasteiger partial charge in [-0.25, -0.2) is 4.39 Å². The number of rotatable bonds is 8. The molecule has 0 fully saturated rings. The molecule has 0 aliphatic rings. The van der Waals surface area contributed by atoms with Gasteiger partial charge in [0, 0.05) is 11.6 Å². The number of halogens is 2. The fraction of sp³-hybridized carbons (Fsp3) is 0.316. The fourth-order valence-electron chi connectivity index (χ4n) is 2.48. The molecule has 0 atom stereocenters. The van der Waals surface area contributed by atoms with Gasteiger partial charge in [0.1, 0.15) is 5.82 Å². The van der Waals surface area contributed by atoms with Crippen molar-refractivity contribution in [2.45, 2.75) is 13.5 Å². The number of carbonyl (C=O) groups excluding carboxylic acids is 1. The van der Waals surface area contributed by atoms with Gasteiger partial charge in [0.2, 0.25) is 5.91 Å². The molecular formula is C19H22ClFN2O3. The third-order valence-electron chi connectivity index (χ3n) is 3.60. The van der Waals surface area contributed by atoms with E-state index in [1.165, 1.54) is 18.2 Å². The standard InChI is InChI=1S/C19H22ClFN2O3/c1-4-26-17-8-5-13(9-18(17)25-3)11-23(2)12-19(24)22-16-10-14(20)6-7-15(16)21/h5-10H,4,11-12H2,1-3H3,(H,22,24). The Balaban J connectivity index is 1.96. The molecule has 0 radical (unpaired) electrons. The van der Waals surface area contributed by atoms with Crippen LogP contribution in [0, 0.1) is 5.82 Å². The Morgan fingerprint density at radius 2 is 2.00 bits per heavy atom. The van der Waals surface area contributed by atoms with Crippen molar-refractivity contribution >= 4 is 23.2 Å². The van der Waals surface area contributed by atoms with E-state index in [2.05, 4.69) is 5.32 Å². The molecule has 1 amide bonds. The van der Waals surface area contributed by atoms with Crippen LogP contribution in [0.25, 0.3) is 0 Å². The molecule has 7 heteroatoms. The molecule has 140 valence electrons. The van der Waals surface area contributed by atoms with Gasteiger partial charge in [-0.2, -0.15) is 0 Å². The quantitative estimate of drug-likeness (QED) is 0.753. The van der Waals surface area contributed by atoms with Crippen molar-refractivity contribution < 1.29 is 18.7 Å². The summed E-state index contributed by atoms with van der Waals surface area (Å²) in [5, 5.41) is 2.89. The Kier molecular flexibility index (Phi) is 7.24. The normalized spacial score (nSPS) is 10.7. The van der Waals surface area contributed by atoms with Crippen molar-refractivity contribution in [3.05, 3.63) is 52.8 Å². The molecule has 26 heavy (non-hydrogen) atoms. The summed E-state index contributed by atoms with van der Waals surface area (Å²) >= 11 is 5.83. The second-order valence-corrected chi connectivity index (χ2v) is 6.20. The second kappa shape index (κ2) is 9.40. The smallest absolute Gasteiger partial charge is 0.238 e. The molecule has 0 saturated heterocycles. The molecule has 0 bridgehead atoms. The van der Waals surface area contributed by atoms with Crippen LogP contribution >= 0.6 is 11.6 Å². The van der Waals surface area contributed by atoms with Crippen molar-refractivity contribution in [2.75, 3.05) is 32.6 Å². The number of anilines is 1. The second-order valence-electron chi connectivity index (χ2n) is 5.76. The summed E-state index contributed by atoms with van der Waals surface area (Å²) in [4.78, 5) is 13.9. The van der Waals surface area contributed by atoms with Gasteiger partial charge >= 0.3 is 0 Å². The number of nitrogens with zero attached hydrogens (tertiary/aromatic N) is 1. The van der Waals surface area contributed by atoms with E-state index in [1.54, 1.807) is 14.2 Å². The van der Waals surface area contributed by atoms with Gasteiger partial charge in [-0.3, -0.25) is 9.69 Å². The lowest BCUT2D eigenvalue weighted by Crippen LogP contribution is -2.30. The predicted octanol–water partition coefficient (Wildman–Crippen LogP) is 3.96. The fourth-order valence-corrected chi connectivity index (χ4v) is 2.65. The number of nitrogens with one attached hydrogen (secondary N) is 1. The monoisotopic (exact) mass is 380 g/mol. The van der Waals surface area contributed by atoms with Crippen molar-refractivity contribution in [3.8, 4) is 11.5 Å². The lowest BCUT2D eigenvalue weighted by Gasteiger charge is -2.18. The van der Waals surface area contributed by atoms with Gasteiger partial charge in [-0.15, -0.1) is 0 Å². The van der Waals surface area contributed by atoms with Gasteiger partial charge in [0.25, 0.3) is 0 Å². The first kappa shape index (κ1) is 20.0. The Morgan fingerprint density at radius 3 is 2.69 bits per heavy atom. The van der Waals surface area contributed by atoms with E-state index in [-0.39, 0.29) is 18.1 Å². The summed E-state index contributed by atoms with van der Waals surface area (Å²) < 4.78 is 24.5. The Labute approximate surface area is 157 Å². The Hall–Kier alpha value is -2.31. The van der Waals surface area contributed by atoms with Crippen molar-refractivity contribution in [3.63, 3.8) is 0 Å². The zero-order valence-electron chi connectivity index (χ0n) is 15.0. The van der Waals surface area contributed by atoms with Crippen LogP contribution in [0.1, 0.15) is 12.5 Å². The zero-order valence-corrected chi connectivity index (χ0v) is 15.8. The van der Waals surface area contributed by atoms with Gasteiger partial charge < -0.3 is 14.8 Å². The average molecular weight is 381 g/mol. The van der Waals surface area contributed by atoms with Crippen LogP contribution in [-0.2, 0) is 11.3 Å². The zero-order chi connectivity index (χ0) is 19.1. The summed E-state index contributed by atoms with van der Waals surface area (Å²) in [6.07, 6.45) is 0. The van der Waals surface area contributed by atoms with E-state index >= 15 is 0 Å². The van der Waals surface area contributed by atoms with Gasteiger partial charge in [0.05, 0.1) is 25.9 Å². The third kappa shape index (κ3) is 5.61. The lowest BCUT2D eigenvalue weighted by atomic mass is 10.2. The maximum absolute atomic E-state index is 13.7. The first-order valence-corrected chi connectivity index (χ1v) is 8.54. The first-order valence-electron chi connectivity index (χ1n) is 8.16. The lowest BCUT2D eigenvalue weighted by molar-refractivity contribution is -0.117. The molecule has 0 heterocycles. The maximum atomic E-state index is 13.7. The van der Waals surface area contributed by atoms with Crippen LogP contribution in [0.2, 0.25) is 5.02 Å². The number of likely N-dealkylation sites (N-methyl/N-ethyl adjacent to an activating group) is 1. The average Bonchev–Trinajstić information content (AvgIpc) is 2.59. The molecule has 0 saturated carbocycles. The van der Waals surface area contributed by atoms with E-state index in [4.69, 9.17) is 21.1 Å². The molecule has 2 aromatic carbocycles. The summed E-state index contributed by atoms with van der Waals surface area (Å²) in [5.41, 5.74) is 1.04. The van der Waals surface area contributed by atoms with Crippen molar-refractivity contribution in [2.24, 2.45) is 0 Å². The maximum Gasteiger partial charge on any atom is 0.238 e. The molecular weight excluding hydrogens is 359 g/mol. The van der Waals surface area contributed by atoms with E-state index in [9.17, 15) is 9.18 Å². The van der Waals surface area contributed by atoms with E-state index in [0.29, 0.717) is 29.7 Å². The van der Waals surface area contributed by atoms with Gasteiger partial charge in [0.15, 0.2) is 11.5 Å². The highest BCUT2D eigenvalue weighted by Gasteiger charge is 2.12. The summed E-state index contributed by atoms with van der Waals surface area (Å²) in [5.74, 6) is 0.465. The number of benzene rings is 2. The topological polar surface area (TPSA) is 50.8 Å². The van der Waals surface area contributed by atoms with Crippen molar-refractivity contribution in [1.29, 1.82) is 0 Å². The number of hydrogen-bond donors (Lipinski definition) is 1. The minimum atomic E-state index is -0.526. The van der Waals surface area contributed by atoms with Crippen LogP contribution in [0.5, 0.6) is 11.5 Å². The van der Waals surface area contributed by atoms with Crippen molar-refractivity contribution in [1.82, 2.24) is 4.90 Å². The predicted molar refractivity (Wildman–Crippen MR) is 101 cm³/mol. The van der Waals surface area contributed by atoms with Gasteiger partial charge in [-0.1, -0.05) is 17.7 Å². The molecule has 0 aromatic heterocycles. The van der Waals surface area contributed by atoms with Crippen LogP contribution in [-0.4, -0.2) is 38.1 Å². The molecule has 2 aromatic rings. The van der Waals surface area contributed by atoms with E-state index < -0.39 is 5.82 Å². The van der Waals surface area contributed by atoms with Crippen LogP contribution < -0.4 is 14.8 Å². The van der Waals surface area contributed by atoms with Gasteiger partial charge in [-0.05, 0) is 49.9 Å². The number of carbonyl (C=O) groups is 1. The highest BCUT2D eigenvalue weighted by Crippen LogP contribution is 2.28. The molecule has 0 spiro atoms. The third-order valence-corrected chi connectivity index (χ3v) is 3.83. The number of amides is 1. The number of methoxy groups -OCH3 is 1. The Bertz CT molecular complexity index is 770. The van der Waals surface area contributed by atoms with Crippen LogP contribution in [0.4, 0.5) is 10.1 Å². The largest absolute Gasteiger partial charge is 0.493 e. The molecule has 5 nitrogen and oxygen atoms in total. The molecule has 0 unspecified atom stereocenters.